The predicted molar refractivity (Wildman–Crippen MR) is 117 cm³/mol. The number of benzene rings is 4. The summed E-state index contributed by atoms with van der Waals surface area (Å²) in [5.74, 6) is 0. The highest BCUT2D eigenvalue weighted by Gasteiger charge is 2.12. The van der Waals surface area contributed by atoms with E-state index in [0.29, 0.717) is 0 Å². The van der Waals surface area contributed by atoms with Crippen LogP contribution in [0.5, 0.6) is 0 Å². The average molecular weight is 432 g/mol. The standard InChI is InChI=1S/C24H17I/c25-22-10-12-24-21(15-22)8-7-20-14-19(9-11-23(20)24)18-6-5-16-3-1-2-4-17(16)13-18/h1-9,11,13-15H,10,12H2. The molecule has 25 heavy (non-hydrogen) atoms. The predicted octanol–water partition coefficient (Wildman–Crippen LogP) is 7.38. The molecule has 4 aromatic rings. The van der Waals surface area contributed by atoms with Crippen LogP contribution in [0.3, 0.4) is 0 Å². The second-order valence-electron chi connectivity index (χ2n) is 6.72. The van der Waals surface area contributed by atoms with E-state index in [0.717, 1.165) is 6.42 Å². The summed E-state index contributed by atoms with van der Waals surface area (Å²) in [6, 6.07) is 26.8. The Hall–Kier alpha value is -2.13. The molecule has 0 unspecified atom stereocenters. The Kier molecular flexibility index (Phi) is 3.63. The molecule has 0 fully saturated rings. The van der Waals surface area contributed by atoms with Crippen molar-refractivity contribution in [1.29, 1.82) is 0 Å². The van der Waals surface area contributed by atoms with Crippen molar-refractivity contribution in [3.8, 4) is 11.1 Å². The minimum Gasteiger partial charge on any atom is -0.0616 e. The van der Waals surface area contributed by atoms with Gasteiger partial charge < -0.3 is 0 Å². The van der Waals surface area contributed by atoms with Crippen molar-refractivity contribution in [1.82, 2.24) is 0 Å². The highest BCUT2D eigenvalue weighted by atomic mass is 127. The van der Waals surface area contributed by atoms with Crippen LogP contribution in [0.1, 0.15) is 17.5 Å². The van der Waals surface area contributed by atoms with Crippen molar-refractivity contribution in [3.05, 3.63) is 87.5 Å². The Morgan fingerprint density at radius 3 is 2.24 bits per heavy atom. The van der Waals surface area contributed by atoms with E-state index in [9.17, 15) is 0 Å². The third kappa shape index (κ3) is 2.67. The van der Waals surface area contributed by atoms with Crippen molar-refractivity contribution < 1.29 is 0 Å². The van der Waals surface area contributed by atoms with Crippen LogP contribution >= 0.6 is 22.6 Å². The van der Waals surface area contributed by atoms with Gasteiger partial charge in [-0.15, -0.1) is 0 Å². The van der Waals surface area contributed by atoms with E-state index in [1.165, 1.54) is 53.8 Å². The summed E-state index contributed by atoms with van der Waals surface area (Å²) < 4.78 is 1.46. The summed E-state index contributed by atoms with van der Waals surface area (Å²) in [7, 11) is 0. The zero-order valence-corrected chi connectivity index (χ0v) is 16.0. The number of hydrogen-bond acceptors (Lipinski definition) is 0. The molecule has 0 saturated heterocycles. The molecule has 0 aliphatic heterocycles. The summed E-state index contributed by atoms with van der Waals surface area (Å²) in [6.45, 7) is 0. The molecule has 120 valence electrons. The minimum atomic E-state index is 1.15. The molecule has 1 aliphatic carbocycles. The molecule has 0 saturated carbocycles. The van der Waals surface area contributed by atoms with Gasteiger partial charge >= 0.3 is 0 Å². The lowest BCUT2D eigenvalue weighted by atomic mass is 9.90. The lowest BCUT2D eigenvalue weighted by Crippen LogP contribution is -1.97. The van der Waals surface area contributed by atoms with Gasteiger partial charge in [0.15, 0.2) is 0 Å². The molecule has 0 heterocycles. The maximum absolute atomic E-state index is 2.46. The summed E-state index contributed by atoms with van der Waals surface area (Å²) in [5, 5.41) is 5.34. The van der Waals surface area contributed by atoms with Gasteiger partial charge in [-0.2, -0.15) is 0 Å². The molecule has 0 amide bonds. The fraction of sp³-hybridized carbons (Fsp3) is 0.0833. The van der Waals surface area contributed by atoms with E-state index in [2.05, 4.69) is 101 Å². The van der Waals surface area contributed by atoms with Crippen molar-refractivity contribution in [3.63, 3.8) is 0 Å². The van der Waals surface area contributed by atoms with Crippen LogP contribution in [0, 0.1) is 0 Å². The third-order valence-corrected chi connectivity index (χ3v) is 6.03. The Bertz CT molecular complexity index is 1150. The lowest BCUT2D eigenvalue weighted by Gasteiger charge is -2.16. The van der Waals surface area contributed by atoms with Crippen LogP contribution < -0.4 is 0 Å². The fourth-order valence-electron chi connectivity index (χ4n) is 3.86. The van der Waals surface area contributed by atoms with Crippen LogP contribution in [0.15, 0.2) is 76.4 Å². The van der Waals surface area contributed by atoms with Gasteiger partial charge in [-0.3, -0.25) is 0 Å². The molecule has 1 aliphatic rings. The summed E-state index contributed by atoms with van der Waals surface area (Å²) >= 11 is 2.46. The summed E-state index contributed by atoms with van der Waals surface area (Å²) in [6.07, 6.45) is 4.64. The number of fused-ring (bicyclic) bond motifs is 4. The van der Waals surface area contributed by atoms with E-state index in [4.69, 9.17) is 0 Å². The maximum atomic E-state index is 2.46. The molecule has 0 radical (unpaired) electrons. The summed E-state index contributed by atoms with van der Waals surface area (Å²) in [4.78, 5) is 0. The number of allylic oxidation sites excluding steroid dienone is 1. The Morgan fingerprint density at radius 2 is 1.36 bits per heavy atom. The zero-order valence-electron chi connectivity index (χ0n) is 13.8. The molecule has 0 atom stereocenters. The quantitative estimate of drug-likeness (QED) is 0.275. The second kappa shape index (κ2) is 5.99. The molecule has 0 aromatic heterocycles. The smallest absolute Gasteiger partial charge is 0.00847 e. The van der Waals surface area contributed by atoms with Gasteiger partial charge in [-0.05, 0) is 101 Å². The van der Waals surface area contributed by atoms with Crippen LogP contribution in [-0.4, -0.2) is 0 Å². The number of rotatable bonds is 1. The molecule has 0 bridgehead atoms. The van der Waals surface area contributed by atoms with E-state index in [1.54, 1.807) is 0 Å². The SMILES string of the molecule is IC1=Cc2ccc3cc(-c4ccc5ccccc5c4)ccc3c2CC1. The van der Waals surface area contributed by atoms with Crippen molar-refractivity contribution in [2.45, 2.75) is 12.8 Å². The van der Waals surface area contributed by atoms with Gasteiger partial charge in [0.2, 0.25) is 0 Å². The number of aryl methyl sites for hydroxylation is 1. The first-order valence-corrected chi connectivity index (χ1v) is 9.77. The first-order chi connectivity index (χ1) is 12.3. The van der Waals surface area contributed by atoms with Gasteiger partial charge in [0, 0.05) is 0 Å². The van der Waals surface area contributed by atoms with E-state index in [1.807, 2.05) is 0 Å². The number of hydrogen-bond donors (Lipinski definition) is 0. The monoisotopic (exact) mass is 432 g/mol. The molecule has 0 N–H and O–H groups in total. The Labute approximate surface area is 161 Å². The van der Waals surface area contributed by atoms with Crippen LogP contribution in [0.2, 0.25) is 0 Å². The van der Waals surface area contributed by atoms with Crippen LogP contribution in [0.25, 0.3) is 38.7 Å². The van der Waals surface area contributed by atoms with Crippen molar-refractivity contribution in [2.75, 3.05) is 0 Å². The highest BCUT2D eigenvalue weighted by Crippen LogP contribution is 2.35. The molecule has 4 aromatic carbocycles. The highest BCUT2D eigenvalue weighted by molar-refractivity contribution is 14.1. The van der Waals surface area contributed by atoms with Crippen LogP contribution in [-0.2, 0) is 6.42 Å². The largest absolute Gasteiger partial charge is 0.0616 e. The molecule has 0 spiro atoms. The Morgan fingerprint density at radius 1 is 0.640 bits per heavy atom. The Balaban J connectivity index is 1.66. The summed E-state index contributed by atoms with van der Waals surface area (Å²) in [5.41, 5.74) is 5.47. The minimum absolute atomic E-state index is 1.15. The van der Waals surface area contributed by atoms with Gasteiger partial charge in [0.25, 0.3) is 0 Å². The van der Waals surface area contributed by atoms with E-state index in [-0.39, 0.29) is 0 Å². The van der Waals surface area contributed by atoms with Gasteiger partial charge in [0.05, 0.1) is 0 Å². The zero-order chi connectivity index (χ0) is 16.8. The number of halogens is 1. The molecule has 5 rings (SSSR count). The van der Waals surface area contributed by atoms with Gasteiger partial charge in [-0.1, -0.05) is 60.7 Å². The second-order valence-corrected chi connectivity index (χ2v) is 8.11. The van der Waals surface area contributed by atoms with Gasteiger partial charge in [-0.25, -0.2) is 0 Å². The van der Waals surface area contributed by atoms with E-state index < -0.39 is 0 Å². The topological polar surface area (TPSA) is 0 Å². The molecule has 1 heteroatoms. The average Bonchev–Trinajstić information content (AvgIpc) is 2.66. The van der Waals surface area contributed by atoms with Crippen molar-refractivity contribution >= 4 is 50.2 Å². The molecular weight excluding hydrogens is 415 g/mol. The molecule has 0 nitrogen and oxygen atoms in total. The van der Waals surface area contributed by atoms with Crippen LogP contribution in [0.4, 0.5) is 0 Å². The molecular formula is C24H17I. The first kappa shape index (κ1) is 15.2. The van der Waals surface area contributed by atoms with E-state index >= 15 is 0 Å². The first-order valence-electron chi connectivity index (χ1n) is 8.69. The van der Waals surface area contributed by atoms with Crippen molar-refractivity contribution in [2.24, 2.45) is 0 Å². The maximum Gasteiger partial charge on any atom is -0.00847 e. The normalized spacial score (nSPS) is 13.7. The fourth-order valence-corrected chi connectivity index (χ4v) is 4.46. The lowest BCUT2D eigenvalue weighted by molar-refractivity contribution is 0.992. The van der Waals surface area contributed by atoms with Gasteiger partial charge in [0.1, 0.15) is 0 Å². The third-order valence-electron chi connectivity index (χ3n) is 5.18.